The fourth-order valence-corrected chi connectivity index (χ4v) is 2.28. The fourth-order valence-electron chi connectivity index (χ4n) is 2.28. The Kier molecular flexibility index (Phi) is 2.40. The number of hydrogen-bond donors (Lipinski definition) is 0. The van der Waals surface area contributed by atoms with Crippen LogP contribution in [-0.4, -0.2) is 51.4 Å². The molecule has 0 aromatic carbocycles. The molecule has 2 fully saturated rings. The van der Waals surface area contributed by atoms with E-state index in [0.29, 0.717) is 5.41 Å². The molecule has 1 aromatic rings. The first-order valence-electron chi connectivity index (χ1n) is 5.79. The lowest BCUT2D eigenvalue weighted by Gasteiger charge is -2.20. The SMILES string of the molecule is Cn1nnc(CN2CCOCC3(CC3)C2)n1. The predicted molar refractivity (Wildman–Crippen MR) is 56.6 cm³/mol. The Morgan fingerprint density at radius 1 is 1.44 bits per heavy atom. The molecule has 0 radical (unpaired) electrons. The molecule has 0 atom stereocenters. The van der Waals surface area contributed by atoms with Gasteiger partial charge in [0.15, 0.2) is 5.82 Å². The summed E-state index contributed by atoms with van der Waals surface area (Å²) in [5.41, 5.74) is 0.443. The highest BCUT2D eigenvalue weighted by molar-refractivity contribution is 4.97. The van der Waals surface area contributed by atoms with Gasteiger partial charge in [0, 0.05) is 18.5 Å². The van der Waals surface area contributed by atoms with Crippen LogP contribution in [0.4, 0.5) is 0 Å². The van der Waals surface area contributed by atoms with Gasteiger partial charge in [0.2, 0.25) is 0 Å². The van der Waals surface area contributed by atoms with Crippen molar-refractivity contribution in [2.75, 3.05) is 26.3 Å². The van der Waals surface area contributed by atoms with E-state index in [1.54, 1.807) is 7.05 Å². The number of rotatable bonds is 2. The highest BCUT2D eigenvalue weighted by Gasteiger charge is 2.45. The third-order valence-electron chi connectivity index (χ3n) is 3.39. The molecule has 1 aliphatic heterocycles. The number of nitrogens with zero attached hydrogens (tertiary/aromatic N) is 5. The van der Waals surface area contributed by atoms with E-state index in [0.717, 1.165) is 38.7 Å². The Morgan fingerprint density at radius 3 is 3.00 bits per heavy atom. The molecule has 1 aliphatic carbocycles. The maximum absolute atomic E-state index is 5.64. The van der Waals surface area contributed by atoms with Gasteiger partial charge >= 0.3 is 0 Å². The van der Waals surface area contributed by atoms with Crippen molar-refractivity contribution in [1.82, 2.24) is 25.1 Å². The van der Waals surface area contributed by atoms with Crippen molar-refractivity contribution in [2.45, 2.75) is 19.4 Å². The molecule has 1 aromatic heterocycles. The number of ether oxygens (including phenoxy) is 1. The van der Waals surface area contributed by atoms with E-state index in [1.165, 1.54) is 17.6 Å². The van der Waals surface area contributed by atoms with Crippen molar-refractivity contribution in [2.24, 2.45) is 12.5 Å². The molecule has 16 heavy (non-hydrogen) atoms. The third-order valence-corrected chi connectivity index (χ3v) is 3.39. The van der Waals surface area contributed by atoms with E-state index in [2.05, 4.69) is 20.3 Å². The van der Waals surface area contributed by atoms with Gasteiger partial charge in [0.05, 0.1) is 26.8 Å². The van der Waals surface area contributed by atoms with E-state index in [-0.39, 0.29) is 0 Å². The standard InChI is InChI=1S/C10H17N5O/c1-14-12-9(11-13-14)6-15-4-5-16-8-10(7-15)2-3-10/h2-8H2,1H3. The zero-order chi connectivity index (χ0) is 11.0. The van der Waals surface area contributed by atoms with E-state index in [1.807, 2.05) is 0 Å². The second kappa shape index (κ2) is 3.78. The highest BCUT2D eigenvalue weighted by Crippen LogP contribution is 2.47. The predicted octanol–water partition coefficient (Wildman–Crippen LogP) is -0.177. The molecule has 6 heteroatoms. The summed E-state index contributed by atoms with van der Waals surface area (Å²) in [6.45, 7) is 4.63. The van der Waals surface area contributed by atoms with Gasteiger partial charge in [0.1, 0.15) is 0 Å². The Labute approximate surface area is 94.6 Å². The van der Waals surface area contributed by atoms with Crippen LogP contribution in [0.3, 0.4) is 0 Å². The van der Waals surface area contributed by atoms with Gasteiger partial charge in [-0.3, -0.25) is 4.90 Å². The summed E-state index contributed by atoms with van der Waals surface area (Å²) >= 11 is 0. The molecule has 1 spiro atoms. The molecule has 88 valence electrons. The van der Waals surface area contributed by atoms with Crippen molar-refractivity contribution in [3.05, 3.63) is 5.82 Å². The molecular weight excluding hydrogens is 206 g/mol. The molecule has 3 rings (SSSR count). The van der Waals surface area contributed by atoms with Gasteiger partial charge in [-0.25, -0.2) is 0 Å². The summed E-state index contributed by atoms with van der Waals surface area (Å²) in [4.78, 5) is 3.90. The van der Waals surface area contributed by atoms with Gasteiger partial charge in [-0.2, -0.15) is 4.80 Å². The maximum Gasteiger partial charge on any atom is 0.188 e. The molecular formula is C10H17N5O. The minimum Gasteiger partial charge on any atom is -0.379 e. The first kappa shape index (κ1) is 10.2. The van der Waals surface area contributed by atoms with Crippen LogP contribution in [0, 0.1) is 5.41 Å². The van der Waals surface area contributed by atoms with Crippen LogP contribution >= 0.6 is 0 Å². The molecule has 2 heterocycles. The van der Waals surface area contributed by atoms with Gasteiger partial charge in [-0.1, -0.05) is 0 Å². The van der Waals surface area contributed by atoms with Crippen molar-refractivity contribution >= 4 is 0 Å². The quantitative estimate of drug-likeness (QED) is 0.696. The average molecular weight is 223 g/mol. The lowest BCUT2D eigenvalue weighted by molar-refractivity contribution is 0.115. The second-order valence-electron chi connectivity index (χ2n) is 4.96. The molecule has 0 unspecified atom stereocenters. The number of hydrogen-bond acceptors (Lipinski definition) is 5. The van der Waals surface area contributed by atoms with Crippen molar-refractivity contribution < 1.29 is 4.74 Å². The molecule has 1 saturated carbocycles. The summed E-state index contributed by atoms with van der Waals surface area (Å²) in [5.74, 6) is 0.806. The Bertz CT molecular complexity index is 373. The maximum atomic E-state index is 5.64. The smallest absolute Gasteiger partial charge is 0.188 e. The number of tetrazole rings is 1. The van der Waals surface area contributed by atoms with Crippen LogP contribution in [0.1, 0.15) is 18.7 Å². The zero-order valence-corrected chi connectivity index (χ0v) is 9.59. The van der Waals surface area contributed by atoms with Crippen molar-refractivity contribution in [1.29, 1.82) is 0 Å². The van der Waals surface area contributed by atoms with E-state index in [4.69, 9.17) is 4.74 Å². The van der Waals surface area contributed by atoms with E-state index < -0.39 is 0 Å². The largest absolute Gasteiger partial charge is 0.379 e. The van der Waals surface area contributed by atoms with Gasteiger partial charge < -0.3 is 4.74 Å². The Morgan fingerprint density at radius 2 is 2.31 bits per heavy atom. The zero-order valence-electron chi connectivity index (χ0n) is 9.59. The van der Waals surface area contributed by atoms with E-state index in [9.17, 15) is 0 Å². The van der Waals surface area contributed by atoms with Gasteiger partial charge in [0.25, 0.3) is 0 Å². The van der Waals surface area contributed by atoms with Gasteiger partial charge in [-0.05, 0) is 18.1 Å². The van der Waals surface area contributed by atoms with Crippen LogP contribution in [-0.2, 0) is 18.3 Å². The first-order valence-corrected chi connectivity index (χ1v) is 5.79. The van der Waals surface area contributed by atoms with Crippen LogP contribution in [0.15, 0.2) is 0 Å². The second-order valence-corrected chi connectivity index (χ2v) is 4.96. The monoisotopic (exact) mass is 223 g/mol. The summed E-state index contributed by atoms with van der Waals surface area (Å²) < 4.78 is 5.64. The third kappa shape index (κ3) is 2.08. The molecule has 6 nitrogen and oxygen atoms in total. The molecule has 1 saturated heterocycles. The average Bonchev–Trinajstić information content (AvgIpc) is 2.95. The molecule has 2 aliphatic rings. The fraction of sp³-hybridized carbons (Fsp3) is 0.900. The Hall–Kier alpha value is -1.01. The summed E-state index contributed by atoms with van der Waals surface area (Å²) in [7, 11) is 1.80. The van der Waals surface area contributed by atoms with Crippen molar-refractivity contribution in [3.63, 3.8) is 0 Å². The highest BCUT2D eigenvalue weighted by atomic mass is 16.5. The van der Waals surface area contributed by atoms with Crippen LogP contribution in [0.25, 0.3) is 0 Å². The number of aromatic nitrogens is 4. The normalized spacial score (nSPS) is 24.6. The minimum absolute atomic E-state index is 0.443. The van der Waals surface area contributed by atoms with E-state index >= 15 is 0 Å². The number of aryl methyl sites for hydroxylation is 1. The lowest BCUT2D eigenvalue weighted by Crippen LogP contribution is -2.30. The molecule has 0 N–H and O–H groups in total. The summed E-state index contributed by atoms with van der Waals surface area (Å²) in [5, 5.41) is 12.1. The summed E-state index contributed by atoms with van der Waals surface area (Å²) in [6.07, 6.45) is 2.61. The van der Waals surface area contributed by atoms with Gasteiger partial charge in [-0.15, -0.1) is 10.2 Å². The molecule has 0 bridgehead atoms. The van der Waals surface area contributed by atoms with Crippen LogP contribution in [0.5, 0.6) is 0 Å². The summed E-state index contributed by atoms with van der Waals surface area (Å²) in [6, 6.07) is 0. The minimum atomic E-state index is 0.443. The first-order chi connectivity index (χ1) is 7.76. The lowest BCUT2D eigenvalue weighted by atomic mass is 10.1. The van der Waals surface area contributed by atoms with Crippen LogP contribution in [0.2, 0.25) is 0 Å². The van der Waals surface area contributed by atoms with Crippen LogP contribution < -0.4 is 0 Å². The Balaban J connectivity index is 1.65. The molecule has 0 amide bonds. The van der Waals surface area contributed by atoms with Crippen molar-refractivity contribution in [3.8, 4) is 0 Å². The topological polar surface area (TPSA) is 56.1 Å².